The number of nitrogens with one attached hydrogen (secondary N) is 1. The molecule has 0 aromatic carbocycles. The van der Waals surface area contributed by atoms with Gasteiger partial charge in [-0.1, -0.05) is 4.49 Å². The van der Waals surface area contributed by atoms with Gasteiger partial charge in [-0.2, -0.15) is 0 Å². The lowest BCUT2D eigenvalue weighted by molar-refractivity contribution is 0.140. The van der Waals surface area contributed by atoms with Crippen molar-refractivity contribution in [2.45, 2.75) is 19.9 Å². The molecule has 1 saturated heterocycles. The van der Waals surface area contributed by atoms with Crippen LogP contribution in [0.25, 0.3) is 0 Å². The molecule has 0 bridgehead atoms. The molecule has 90 valence electrons. The van der Waals surface area contributed by atoms with Crippen molar-refractivity contribution < 1.29 is 4.74 Å². The van der Waals surface area contributed by atoms with Crippen molar-refractivity contribution in [2.75, 3.05) is 38.2 Å². The summed E-state index contributed by atoms with van der Waals surface area (Å²) in [6.07, 6.45) is 1.11. The van der Waals surface area contributed by atoms with Crippen molar-refractivity contribution in [3.8, 4) is 0 Å². The molecule has 5 nitrogen and oxygen atoms in total. The molecule has 0 atom stereocenters. The van der Waals surface area contributed by atoms with E-state index < -0.39 is 0 Å². The quantitative estimate of drug-likeness (QED) is 0.859. The van der Waals surface area contributed by atoms with Crippen LogP contribution in [0, 0.1) is 0 Å². The minimum absolute atomic E-state index is 0.827. The van der Waals surface area contributed by atoms with Gasteiger partial charge in [-0.25, -0.2) is 0 Å². The summed E-state index contributed by atoms with van der Waals surface area (Å²) in [4.78, 5) is 2.38. The van der Waals surface area contributed by atoms with Crippen LogP contribution in [-0.4, -0.2) is 47.3 Å². The highest BCUT2D eigenvalue weighted by molar-refractivity contribution is 7.10. The maximum absolute atomic E-state index is 5.43. The summed E-state index contributed by atoms with van der Waals surface area (Å²) in [7, 11) is 0. The van der Waals surface area contributed by atoms with Crippen LogP contribution in [0.4, 0.5) is 5.00 Å². The van der Waals surface area contributed by atoms with Crippen molar-refractivity contribution in [1.29, 1.82) is 0 Å². The third kappa shape index (κ3) is 3.13. The van der Waals surface area contributed by atoms with Gasteiger partial charge in [-0.05, 0) is 13.3 Å². The highest BCUT2D eigenvalue weighted by Crippen LogP contribution is 2.19. The molecule has 6 heteroatoms. The summed E-state index contributed by atoms with van der Waals surface area (Å²) < 4.78 is 9.43. The van der Waals surface area contributed by atoms with E-state index in [4.69, 9.17) is 4.74 Å². The van der Waals surface area contributed by atoms with Crippen LogP contribution >= 0.6 is 11.5 Å². The minimum atomic E-state index is 0.827. The fourth-order valence-electron chi connectivity index (χ4n) is 1.77. The standard InChI is InChI=1S/C10H18N4OS/c1-2-11-10-9(12-13-16-10)8-14-4-3-6-15-7-5-14/h11H,2-8H2,1H3. The first kappa shape index (κ1) is 11.8. The van der Waals surface area contributed by atoms with Gasteiger partial charge < -0.3 is 10.1 Å². The average Bonchev–Trinajstić information content (AvgIpc) is 2.56. The van der Waals surface area contributed by atoms with Gasteiger partial charge >= 0.3 is 0 Å². The molecular formula is C10H18N4OS. The first-order valence-corrected chi connectivity index (χ1v) is 6.52. The zero-order valence-electron chi connectivity index (χ0n) is 9.61. The number of nitrogens with zero attached hydrogens (tertiary/aromatic N) is 3. The van der Waals surface area contributed by atoms with Crippen LogP contribution in [-0.2, 0) is 11.3 Å². The van der Waals surface area contributed by atoms with E-state index in [9.17, 15) is 0 Å². The molecule has 0 amide bonds. The first-order chi connectivity index (χ1) is 7.90. The van der Waals surface area contributed by atoms with Crippen molar-refractivity contribution in [2.24, 2.45) is 0 Å². The summed E-state index contributed by atoms with van der Waals surface area (Å²) in [5.41, 5.74) is 1.06. The Labute approximate surface area is 100.0 Å². The van der Waals surface area contributed by atoms with Crippen molar-refractivity contribution >= 4 is 16.5 Å². The molecule has 2 rings (SSSR count). The van der Waals surface area contributed by atoms with Crippen LogP contribution in [0.5, 0.6) is 0 Å². The van der Waals surface area contributed by atoms with Crippen molar-refractivity contribution in [3.05, 3.63) is 5.69 Å². The Morgan fingerprint density at radius 1 is 1.44 bits per heavy atom. The van der Waals surface area contributed by atoms with Gasteiger partial charge in [0.05, 0.1) is 6.61 Å². The predicted molar refractivity (Wildman–Crippen MR) is 64.8 cm³/mol. The number of aromatic nitrogens is 2. The summed E-state index contributed by atoms with van der Waals surface area (Å²) in [6.45, 7) is 7.66. The van der Waals surface area contributed by atoms with E-state index in [2.05, 4.69) is 26.7 Å². The largest absolute Gasteiger partial charge is 0.380 e. The molecule has 1 aliphatic rings. The SMILES string of the molecule is CCNc1snnc1CN1CCCOCC1. The predicted octanol–water partition coefficient (Wildman–Crippen LogP) is 1.19. The Balaban J connectivity index is 1.93. The monoisotopic (exact) mass is 242 g/mol. The minimum Gasteiger partial charge on any atom is -0.380 e. The summed E-state index contributed by atoms with van der Waals surface area (Å²) in [6, 6.07) is 0. The second-order valence-electron chi connectivity index (χ2n) is 3.82. The molecule has 0 aliphatic carbocycles. The zero-order valence-corrected chi connectivity index (χ0v) is 10.4. The second-order valence-corrected chi connectivity index (χ2v) is 4.58. The van der Waals surface area contributed by atoms with Gasteiger partial charge in [0, 0.05) is 44.3 Å². The number of hydrogen-bond acceptors (Lipinski definition) is 6. The van der Waals surface area contributed by atoms with Gasteiger partial charge in [0.15, 0.2) is 0 Å². The normalized spacial score (nSPS) is 18.3. The van der Waals surface area contributed by atoms with E-state index in [0.29, 0.717) is 0 Å². The molecule has 1 aliphatic heterocycles. The third-order valence-corrected chi connectivity index (χ3v) is 3.31. The lowest BCUT2D eigenvalue weighted by Gasteiger charge is -2.17. The van der Waals surface area contributed by atoms with Crippen LogP contribution in [0.15, 0.2) is 0 Å². The van der Waals surface area contributed by atoms with Gasteiger partial charge in [0.1, 0.15) is 10.7 Å². The summed E-state index contributed by atoms with van der Waals surface area (Å²) >= 11 is 1.44. The second kappa shape index (κ2) is 6.12. The van der Waals surface area contributed by atoms with E-state index >= 15 is 0 Å². The van der Waals surface area contributed by atoms with Gasteiger partial charge in [-0.3, -0.25) is 4.90 Å². The summed E-state index contributed by atoms with van der Waals surface area (Å²) in [5, 5.41) is 8.58. The fraction of sp³-hybridized carbons (Fsp3) is 0.800. The van der Waals surface area contributed by atoms with E-state index in [1.54, 1.807) is 0 Å². The molecule has 1 fully saturated rings. The van der Waals surface area contributed by atoms with Gasteiger partial charge in [0.2, 0.25) is 0 Å². The van der Waals surface area contributed by atoms with Crippen molar-refractivity contribution in [1.82, 2.24) is 14.5 Å². The van der Waals surface area contributed by atoms with E-state index in [1.165, 1.54) is 11.5 Å². The first-order valence-electron chi connectivity index (χ1n) is 5.75. The Morgan fingerprint density at radius 3 is 3.25 bits per heavy atom. The van der Waals surface area contributed by atoms with E-state index in [0.717, 1.165) is 56.5 Å². The Hall–Kier alpha value is -0.720. The molecule has 1 aromatic rings. The lowest BCUT2D eigenvalue weighted by Crippen LogP contribution is -2.26. The molecule has 16 heavy (non-hydrogen) atoms. The lowest BCUT2D eigenvalue weighted by atomic mass is 10.3. The number of hydrogen-bond donors (Lipinski definition) is 1. The van der Waals surface area contributed by atoms with Gasteiger partial charge in [-0.15, -0.1) is 5.10 Å². The van der Waals surface area contributed by atoms with Crippen LogP contribution in [0.1, 0.15) is 19.0 Å². The molecule has 0 spiro atoms. The molecule has 1 aromatic heterocycles. The molecule has 0 unspecified atom stereocenters. The van der Waals surface area contributed by atoms with E-state index in [1.807, 2.05) is 0 Å². The molecule has 1 N–H and O–H groups in total. The smallest absolute Gasteiger partial charge is 0.134 e. The van der Waals surface area contributed by atoms with Crippen LogP contribution in [0.2, 0.25) is 0 Å². The molecular weight excluding hydrogens is 224 g/mol. The fourth-order valence-corrected chi connectivity index (χ4v) is 2.42. The van der Waals surface area contributed by atoms with Crippen LogP contribution in [0.3, 0.4) is 0 Å². The van der Waals surface area contributed by atoms with Crippen molar-refractivity contribution in [3.63, 3.8) is 0 Å². The topological polar surface area (TPSA) is 50.3 Å². The zero-order chi connectivity index (χ0) is 11.2. The average molecular weight is 242 g/mol. The number of ether oxygens (including phenoxy) is 1. The highest BCUT2D eigenvalue weighted by Gasteiger charge is 2.14. The Morgan fingerprint density at radius 2 is 2.38 bits per heavy atom. The Kier molecular flexibility index (Phi) is 4.50. The summed E-state index contributed by atoms with van der Waals surface area (Å²) in [5.74, 6) is 0. The Bertz CT molecular complexity index is 310. The molecule has 0 radical (unpaired) electrons. The highest BCUT2D eigenvalue weighted by atomic mass is 32.1. The number of rotatable bonds is 4. The van der Waals surface area contributed by atoms with E-state index in [-0.39, 0.29) is 0 Å². The molecule has 2 heterocycles. The van der Waals surface area contributed by atoms with Crippen LogP contribution < -0.4 is 5.32 Å². The number of anilines is 1. The molecule has 0 saturated carbocycles. The van der Waals surface area contributed by atoms with Gasteiger partial charge in [0.25, 0.3) is 0 Å². The third-order valence-electron chi connectivity index (χ3n) is 2.58. The maximum atomic E-state index is 5.43. The maximum Gasteiger partial charge on any atom is 0.134 e.